The van der Waals surface area contributed by atoms with Gasteiger partial charge in [-0.25, -0.2) is 0 Å². The van der Waals surface area contributed by atoms with E-state index in [2.05, 4.69) is 0 Å². The molecule has 0 atom stereocenters. The van der Waals surface area contributed by atoms with Crippen molar-refractivity contribution in [3.05, 3.63) is 6.15 Å². The summed E-state index contributed by atoms with van der Waals surface area (Å²) in [5.74, 6) is 0. The number of hydrogen-bond acceptors (Lipinski definition) is 0. The topological polar surface area (TPSA) is 33.5 Å². The summed E-state index contributed by atoms with van der Waals surface area (Å²) in [6.45, 7) is 0. The van der Waals surface area contributed by atoms with Gasteiger partial charge in [0.2, 0.25) is 0 Å². The second-order valence-corrected chi connectivity index (χ2v) is 3.33. The molecule has 0 aliphatic carbocycles. The monoisotopic (exact) mass is 281 g/mol. The molecule has 0 aliphatic heterocycles. The van der Waals surface area contributed by atoms with E-state index in [9.17, 15) is 0 Å². The van der Waals surface area contributed by atoms with Crippen molar-refractivity contribution in [2.75, 3.05) is 0 Å². The van der Waals surface area contributed by atoms with E-state index in [0.29, 0.717) is 0 Å². The first-order chi connectivity index (χ1) is 1.41. The van der Waals surface area contributed by atoms with Crippen LogP contribution in [0.5, 0.6) is 0 Å². The summed E-state index contributed by atoms with van der Waals surface area (Å²) >= 11 is -0.472. The van der Waals surface area contributed by atoms with E-state index < -0.39 is 16.5 Å². The third-order valence-corrected chi connectivity index (χ3v) is 0. The normalized spacial score (nSPS) is 5.50. The minimum atomic E-state index is -0.472. The summed E-state index contributed by atoms with van der Waals surface area (Å²) in [4.78, 5) is 0. The minimum Gasteiger partial charge on any atom is -0.693 e. The van der Waals surface area contributed by atoms with Gasteiger partial charge in [-0.15, -0.1) is 0 Å². The van der Waals surface area contributed by atoms with Crippen molar-refractivity contribution in [1.82, 2.24) is 0 Å². The fraction of sp³-hybridized carbons (Fsp3) is 0. The van der Waals surface area contributed by atoms with Crippen LogP contribution in [0.15, 0.2) is 0 Å². The molecule has 0 heterocycles. The molecule has 0 aromatic rings. The van der Waals surface area contributed by atoms with Crippen molar-refractivity contribution in [2.24, 2.45) is 0 Å². The van der Waals surface area contributed by atoms with Gasteiger partial charge in [0, 0.05) is 0 Å². The first-order valence-electron chi connectivity index (χ1n) is 0.239. The van der Waals surface area contributed by atoms with Crippen molar-refractivity contribution in [2.45, 2.75) is 0 Å². The van der Waals surface area contributed by atoms with Gasteiger partial charge in [0.05, 0.1) is 0 Å². The van der Waals surface area contributed by atoms with Gasteiger partial charge in [-0.3, -0.25) is 0 Å². The van der Waals surface area contributed by atoms with Crippen LogP contribution in [0.1, 0.15) is 0 Å². The molecule has 30 valence electrons. The first kappa shape index (κ1) is 8.97. The minimum absolute atomic E-state index is 0. The van der Waals surface area contributed by atoms with Crippen molar-refractivity contribution < 1.29 is 16.5 Å². The fourth-order valence-electron chi connectivity index (χ4n) is 0. The molecular formula is H2Cl2NPt+. The molecule has 0 fully saturated rings. The summed E-state index contributed by atoms with van der Waals surface area (Å²) < 4.78 is 0. The Morgan fingerprint density at radius 1 is 1.25 bits per heavy atom. The van der Waals surface area contributed by atoms with Crippen molar-refractivity contribution in [3.8, 4) is 0 Å². The molecule has 1 nitrogen and oxygen atoms in total. The van der Waals surface area contributed by atoms with Crippen molar-refractivity contribution in [3.63, 3.8) is 0 Å². The Kier molecular flexibility index (Phi) is 19.9. The molecule has 2 N–H and O–H groups in total. The third kappa shape index (κ3) is 10.6. The summed E-state index contributed by atoms with van der Waals surface area (Å²) in [6.07, 6.45) is 0. The molecule has 0 aromatic heterocycles. The van der Waals surface area contributed by atoms with Crippen LogP contribution in [0.3, 0.4) is 0 Å². The summed E-state index contributed by atoms with van der Waals surface area (Å²) in [7, 11) is 9.75. The largest absolute Gasteiger partial charge is 0.693 e. The van der Waals surface area contributed by atoms with E-state index in [1.54, 1.807) is 0 Å². The Labute approximate surface area is 41.6 Å². The van der Waals surface area contributed by atoms with Crippen LogP contribution in [0.2, 0.25) is 0 Å². The first-order valence-corrected chi connectivity index (χ1v) is 5.87. The molecule has 0 aliphatic rings. The summed E-state index contributed by atoms with van der Waals surface area (Å²) in [5, 5.41) is 0. The second kappa shape index (κ2) is 8.87. The SMILES string of the molecule is [Cl][Pt+2][Cl].[NH2-]. The maximum absolute atomic E-state index is 4.88. The molecule has 4 heavy (non-hydrogen) atoms. The molecule has 0 amide bonds. The predicted octanol–water partition coefficient (Wildman–Crippen LogP) is 2.09. The smallest absolute Gasteiger partial charge is 0.693 e. The Bertz CT molecular complexity index is 6.00. The predicted molar refractivity (Wildman–Crippen MR) is 17.0 cm³/mol. The zero-order valence-electron chi connectivity index (χ0n) is 1.65. The fourth-order valence-corrected chi connectivity index (χ4v) is 0. The number of hydrogen-bond donors (Lipinski definition) is 0. The third-order valence-electron chi connectivity index (χ3n) is 0. The van der Waals surface area contributed by atoms with Crippen LogP contribution in [-0.2, 0) is 16.5 Å². The molecule has 0 saturated carbocycles. The zero-order chi connectivity index (χ0) is 2.71. The number of halogens is 2. The van der Waals surface area contributed by atoms with E-state index in [1.165, 1.54) is 0 Å². The number of rotatable bonds is 0. The molecule has 0 saturated heterocycles. The van der Waals surface area contributed by atoms with Crippen molar-refractivity contribution in [1.29, 1.82) is 0 Å². The molecule has 0 rings (SSSR count). The molecule has 0 bridgehead atoms. The zero-order valence-corrected chi connectivity index (χ0v) is 5.43. The molecular weight excluding hydrogens is 280 g/mol. The Morgan fingerprint density at radius 3 is 1.25 bits per heavy atom. The van der Waals surface area contributed by atoms with Crippen LogP contribution in [0, 0.1) is 0 Å². The van der Waals surface area contributed by atoms with E-state index in [1.807, 2.05) is 0 Å². The van der Waals surface area contributed by atoms with E-state index in [0.717, 1.165) is 0 Å². The summed E-state index contributed by atoms with van der Waals surface area (Å²) in [5.41, 5.74) is 0. The molecule has 0 spiro atoms. The van der Waals surface area contributed by atoms with Gasteiger partial charge < -0.3 is 6.15 Å². The van der Waals surface area contributed by atoms with Crippen LogP contribution in [-0.4, -0.2) is 0 Å². The maximum atomic E-state index is 4.88. The summed E-state index contributed by atoms with van der Waals surface area (Å²) in [6, 6.07) is 0. The van der Waals surface area contributed by atoms with Gasteiger partial charge in [-0.2, -0.15) is 0 Å². The average molecular weight is 282 g/mol. The van der Waals surface area contributed by atoms with Gasteiger partial charge in [0.1, 0.15) is 0 Å². The maximum Gasteiger partial charge on any atom is -0.693 e. The van der Waals surface area contributed by atoms with E-state index in [4.69, 9.17) is 18.8 Å². The van der Waals surface area contributed by atoms with Crippen LogP contribution >= 0.6 is 18.8 Å². The molecule has 4 heteroatoms. The number of nitrogens with two attached hydrogens (primary N) is 1. The standard InChI is InChI=1S/2ClH.H2N.Pt/h2*1H;1H2;/q;;-1;+4/p-2. The average Bonchev–Trinajstić information content (AvgIpc) is 0.918. The second-order valence-electron chi connectivity index (χ2n) is 0.0452. The quantitative estimate of drug-likeness (QED) is 0.652. The van der Waals surface area contributed by atoms with E-state index >= 15 is 0 Å². The Hall–Kier alpha value is 1.23. The van der Waals surface area contributed by atoms with Crippen LogP contribution < -0.4 is 0 Å². The molecule has 0 radical (unpaired) electrons. The van der Waals surface area contributed by atoms with E-state index in [-0.39, 0.29) is 6.15 Å². The Morgan fingerprint density at radius 2 is 1.25 bits per heavy atom. The van der Waals surface area contributed by atoms with Gasteiger partial charge in [-0.1, -0.05) is 0 Å². The van der Waals surface area contributed by atoms with Crippen LogP contribution in [0.25, 0.3) is 6.15 Å². The van der Waals surface area contributed by atoms with Crippen molar-refractivity contribution >= 4 is 18.8 Å². The Balaban J connectivity index is 0. The van der Waals surface area contributed by atoms with Gasteiger partial charge in [-0.05, 0) is 0 Å². The van der Waals surface area contributed by atoms with Crippen LogP contribution in [0.4, 0.5) is 0 Å². The molecule has 0 unspecified atom stereocenters. The van der Waals surface area contributed by atoms with Gasteiger partial charge in [0.15, 0.2) is 0 Å². The van der Waals surface area contributed by atoms with Gasteiger partial charge in [0.25, 0.3) is 0 Å². The van der Waals surface area contributed by atoms with Gasteiger partial charge >= 0.3 is 35.3 Å². The molecule has 0 aromatic carbocycles.